The first kappa shape index (κ1) is 25.0. The molecule has 0 saturated heterocycles. The predicted molar refractivity (Wildman–Crippen MR) is 141 cm³/mol. The van der Waals surface area contributed by atoms with Gasteiger partial charge in [-0.3, -0.25) is 9.78 Å². The number of amides is 1. The molecule has 0 atom stereocenters. The highest BCUT2D eigenvalue weighted by molar-refractivity contribution is 5.91. The number of H-pyrrole nitrogens is 1. The molecule has 0 fully saturated rings. The SMILES string of the molecule is CN(C)c1ccc(-c2nc3nccc(-c4ccc(CNC(=O)c5nnc(C(C)(C)C)o5)c(F)c4)c3[nH]2)nc1. The maximum Gasteiger partial charge on any atom is 0.309 e. The first-order chi connectivity index (χ1) is 18.1. The van der Waals surface area contributed by atoms with Crippen LogP contribution in [0.2, 0.25) is 0 Å². The third-order valence-corrected chi connectivity index (χ3v) is 5.96. The number of benzene rings is 1. The van der Waals surface area contributed by atoms with E-state index in [1.54, 1.807) is 30.6 Å². The zero-order chi connectivity index (χ0) is 27.0. The summed E-state index contributed by atoms with van der Waals surface area (Å²) in [5.41, 5.74) is 4.15. The van der Waals surface area contributed by atoms with Gasteiger partial charge in [0.25, 0.3) is 0 Å². The van der Waals surface area contributed by atoms with Crippen molar-refractivity contribution in [3.8, 4) is 22.6 Å². The maximum absolute atomic E-state index is 15.1. The molecule has 1 amide bonds. The number of nitrogens with zero attached hydrogens (tertiary/aromatic N) is 6. The lowest BCUT2D eigenvalue weighted by molar-refractivity contribution is 0.0912. The molecule has 0 spiro atoms. The third-order valence-electron chi connectivity index (χ3n) is 5.96. The summed E-state index contributed by atoms with van der Waals surface area (Å²) < 4.78 is 20.5. The largest absolute Gasteiger partial charge is 0.416 e. The maximum atomic E-state index is 15.1. The molecule has 11 heteroatoms. The number of anilines is 1. The second-order valence-electron chi connectivity index (χ2n) is 10.1. The fraction of sp³-hybridized carbons (Fsp3) is 0.259. The molecule has 10 nitrogen and oxygen atoms in total. The zero-order valence-electron chi connectivity index (χ0n) is 21.7. The summed E-state index contributed by atoms with van der Waals surface area (Å²) in [5.74, 6) is -0.267. The molecule has 0 aliphatic rings. The number of rotatable bonds is 6. The van der Waals surface area contributed by atoms with Crippen molar-refractivity contribution in [2.75, 3.05) is 19.0 Å². The number of fused-ring (bicyclic) bond motifs is 1. The average molecular weight is 515 g/mol. The topological polar surface area (TPSA) is 126 Å². The van der Waals surface area contributed by atoms with E-state index in [4.69, 9.17) is 4.42 Å². The summed E-state index contributed by atoms with van der Waals surface area (Å²) in [6, 6.07) is 10.5. The van der Waals surface area contributed by atoms with E-state index in [0.717, 1.165) is 11.3 Å². The lowest BCUT2D eigenvalue weighted by atomic mass is 9.97. The molecular weight excluding hydrogens is 487 g/mol. The highest BCUT2D eigenvalue weighted by atomic mass is 19.1. The molecule has 38 heavy (non-hydrogen) atoms. The standard InChI is InChI=1S/C27H27FN8O2/c1-27(2,3)26-35-34-25(38-26)24(37)31-13-16-7-6-15(12-19(16)28)18-10-11-29-23-21(18)32-22(33-23)20-9-8-17(14-30-20)36(4)5/h6-12,14H,13H2,1-5H3,(H,31,37)(H,29,32,33). The lowest BCUT2D eigenvalue weighted by Gasteiger charge is -2.11. The van der Waals surface area contributed by atoms with E-state index in [9.17, 15) is 4.79 Å². The van der Waals surface area contributed by atoms with Gasteiger partial charge in [0.15, 0.2) is 11.5 Å². The molecule has 0 radical (unpaired) electrons. The number of aromatic amines is 1. The van der Waals surface area contributed by atoms with Gasteiger partial charge >= 0.3 is 11.8 Å². The Kier molecular flexibility index (Phi) is 6.35. The van der Waals surface area contributed by atoms with Crippen LogP contribution < -0.4 is 10.2 Å². The van der Waals surface area contributed by atoms with Crippen LogP contribution in [0.3, 0.4) is 0 Å². The molecule has 0 bridgehead atoms. The number of halogens is 1. The van der Waals surface area contributed by atoms with Gasteiger partial charge in [0.2, 0.25) is 5.89 Å². The average Bonchev–Trinajstić information content (AvgIpc) is 3.56. The summed E-state index contributed by atoms with van der Waals surface area (Å²) in [5, 5.41) is 10.3. The molecular formula is C27H27FN8O2. The van der Waals surface area contributed by atoms with Crippen molar-refractivity contribution in [2.45, 2.75) is 32.7 Å². The Labute approximate surface area is 218 Å². The van der Waals surface area contributed by atoms with Crippen molar-refractivity contribution >= 4 is 22.8 Å². The minimum absolute atomic E-state index is 0.0350. The predicted octanol–water partition coefficient (Wildman–Crippen LogP) is 4.50. The van der Waals surface area contributed by atoms with Crippen LogP contribution in [0.25, 0.3) is 33.8 Å². The Morgan fingerprint density at radius 2 is 1.92 bits per heavy atom. The Bertz CT molecular complexity index is 1620. The smallest absolute Gasteiger partial charge is 0.309 e. The molecule has 0 aliphatic carbocycles. The molecule has 4 heterocycles. The van der Waals surface area contributed by atoms with E-state index in [1.807, 2.05) is 51.9 Å². The van der Waals surface area contributed by atoms with Crippen LogP contribution in [0.1, 0.15) is 42.9 Å². The van der Waals surface area contributed by atoms with Crippen LogP contribution in [0.15, 0.2) is 53.2 Å². The summed E-state index contributed by atoms with van der Waals surface area (Å²) in [6.45, 7) is 5.67. The number of aromatic nitrogens is 6. The van der Waals surface area contributed by atoms with Gasteiger partial charge < -0.3 is 19.6 Å². The first-order valence-electron chi connectivity index (χ1n) is 12.0. The first-order valence-corrected chi connectivity index (χ1v) is 12.0. The molecule has 4 aromatic heterocycles. The molecule has 2 N–H and O–H groups in total. The monoisotopic (exact) mass is 514 g/mol. The molecule has 5 aromatic rings. The number of hydrogen-bond donors (Lipinski definition) is 2. The van der Waals surface area contributed by atoms with Gasteiger partial charge in [0.05, 0.1) is 17.4 Å². The second kappa shape index (κ2) is 9.66. The zero-order valence-corrected chi connectivity index (χ0v) is 21.7. The minimum atomic E-state index is -0.565. The number of imidazole rings is 1. The van der Waals surface area contributed by atoms with Crippen molar-refractivity contribution in [3.63, 3.8) is 0 Å². The molecule has 1 aromatic carbocycles. The molecule has 0 saturated carbocycles. The summed E-state index contributed by atoms with van der Waals surface area (Å²) >= 11 is 0. The van der Waals surface area contributed by atoms with Gasteiger partial charge in [0.1, 0.15) is 11.5 Å². The fourth-order valence-corrected chi connectivity index (χ4v) is 3.79. The van der Waals surface area contributed by atoms with Crippen molar-refractivity contribution in [2.24, 2.45) is 0 Å². The highest BCUT2D eigenvalue weighted by Gasteiger charge is 2.24. The van der Waals surface area contributed by atoms with E-state index >= 15 is 4.39 Å². The van der Waals surface area contributed by atoms with E-state index in [2.05, 4.69) is 35.5 Å². The third kappa shape index (κ3) is 4.95. The number of carbonyl (C=O) groups excluding carboxylic acids is 1. The Hall–Kier alpha value is -4.67. The van der Waals surface area contributed by atoms with E-state index < -0.39 is 11.7 Å². The number of hydrogen-bond acceptors (Lipinski definition) is 8. The van der Waals surface area contributed by atoms with Gasteiger partial charge in [-0.25, -0.2) is 14.4 Å². The van der Waals surface area contributed by atoms with Crippen LogP contribution in [0, 0.1) is 5.82 Å². The normalized spacial score (nSPS) is 11.6. The molecule has 194 valence electrons. The van der Waals surface area contributed by atoms with Gasteiger partial charge in [-0.1, -0.05) is 32.9 Å². The number of carbonyl (C=O) groups is 1. The van der Waals surface area contributed by atoms with Crippen LogP contribution in [-0.2, 0) is 12.0 Å². The molecule has 0 unspecified atom stereocenters. The lowest BCUT2D eigenvalue weighted by Crippen LogP contribution is -2.23. The fourth-order valence-electron chi connectivity index (χ4n) is 3.79. The van der Waals surface area contributed by atoms with Crippen molar-refractivity contribution in [1.82, 2.24) is 35.5 Å². The quantitative estimate of drug-likeness (QED) is 0.339. The van der Waals surface area contributed by atoms with Gasteiger partial charge in [-0.05, 0) is 29.8 Å². The van der Waals surface area contributed by atoms with Crippen LogP contribution in [0.5, 0.6) is 0 Å². The van der Waals surface area contributed by atoms with Crippen LogP contribution >= 0.6 is 0 Å². The Morgan fingerprint density at radius 1 is 1.11 bits per heavy atom. The second-order valence-corrected chi connectivity index (χ2v) is 10.1. The highest BCUT2D eigenvalue weighted by Crippen LogP contribution is 2.29. The Morgan fingerprint density at radius 3 is 2.58 bits per heavy atom. The van der Waals surface area contributed by atoms with Crippen molar-refractivity contribution in [3.05, 3.63) is 72.0 Å². The van der Waals surface area contributed by atoms with E-state index in [-0.39, 0.29) is 17.9 Å². The molecule has 0 aliphatic heterocycles. The minimum Gasteiger partial charge on any atom is -0.416 e. The number of nitrogens with one attached hydrogen (secondary N) is 2. The van der Waals surface area contributed by atoms with E-state index in [1.165, 1.54) is 6.07 Å². The number of pyridine rings is 2. The van der Waals surface area contributed by atoms with Crippen LogP contribution in [-0.4, -0.2) is 50.1 Å². The van der Waals surface area contributed by atoms with Crippen LogP contribution in [0.4, 0.5) is 10.1 Å². The van der Waals surface area contributed by atoms with Crippen molar-refractivity contribution in [1.29, 1.82) is 0 Å². The van der Waals surface area contributed by atoms with E-state index in [0.29, 0.717) is 39.7 Å². The van der Waals surface area contributed by atoms with Gasteiger partial charge in [-0.15, -0.1) is 10.2 Å². The summed E-state index contributed by atoms with van der Waals surface area (Å²) in [4.78, 5) is 31.1. The van der Waals surface area contributed by atoms with Crippen molar-refractivity contribution < 1.29 is 13.6 Å². The van der Waals surface area contributed by atoms with Gasteiger partial charge in [-0.2, -0.15) is 0 Å². The molecule has 5 rings (SSSR count). The summed E-state index contributed by atoms with van der Waals surface area (Å²) in [7, 11) is 3.89. The Balaban J connectivity index is 1.35. The van der Waals surface area contributed by atoms with Gasteiger partial charge in [0, 0.05) is 43.4 Å². The summed E-state index contributed by atoms with van der Waals surface area (Å²) in [6.07, 6.45) is 3.40.